The monoisotopic (exact) mass is 289 g/mol. The van der Waals surface area contributed by atoms with Gasteiger partial charge in [0.1, 0.15) is 6.10 Å². The lowest BCUT2D eigenvalue weighted by molar-refractivity contribution is -0.151. The van der Waals surface area contributed by atoms with Crippen LogP contribution in [0.2, 0.25) is 0 Å². The van der Waals surface area contributed by atoms with Crippen LogP contribution in [0.3, 0.4) is 0 Å². The molecular formula is C13H23NO4S. The fourth-order valence-electron chi connectivity index (χ4n) is 2.06. The van der Waals surface area contributed by atoms with Gasteiger partial charge < -0.3 is 15.2 Å². The van der Waals surface area contributed by atoms with Crippen LogP contribution in [0.15, 0.2) is 0 Å². The second kappa shape index (κ2) is 9.20. The van der Waals surface area contributed by atoms with Crippen molar-refractivity contribution >= 4 is 23.6 Å². The van der Waals surface area contributed by atoms with Crippen LogP contribution in [-0.4, -0.2) is 47.7 Å². The number of carboxylic acid groups (broad SMARTS) is 1. The molecular weight excluding hydrogens is 266 g/mol. The summed E-state index contributed by atoms with van der Waals surface area (Å²) in [7, 11) is 0. The van der Waals surface area contributed by atoms with E-state index in [0.29, 0.717) is 19.4 Å². The van der Waals surface area contributed by atoms with Gasteiger partial charge in [0.25, 0.3) is 0 Å². The third-order valence-electron chi connectivity index (χ3n) is 3.16. The molecule has 1 fully saturated rings. The lowest BCUT2D eigenvalue weighted by atomic mass is 10.2. The number of ether oxygens (including phenoxy) is 1. The number of aliphatic carboxylic acids is 1. The van der Waals surface area contributed by atoms with Gasteiger partial charge in [-0.15, -0.1) is 0 Å². The van der Waals surface area contributed by atoms with Crippen LogP contribution in [0.1, 0.15) is 38.5 Å². The molecule has 0 radical (unpaired) electrons. The molecule has 1 heterocycles. The zero-order chi connectivity index (χ0) is 14.1. The third kappa shape index (κ3) is 6.29. The maximum atomic E-state index is 11.7. The first-order valence-electron chi connectivity index (χ1n) is 6.80. The van der Waals surface area contributed by atoms with Gasteiger partial charge in [-0.3, -0.25) is 4.79 Å². The molecule has 0 aromatic carbocycles. The highest BCUT2D eigenvalue weighted by Gasteiger charge is 2.34. The average Bonchev–Trinajstić information content (AvgIpc) is 2.87. The second-order valence-corrected chi connectivity index (χ2v) is 5.71. The summed E-state index contributed by atoms with van der Waals surface area (Å²) in [6, 6.07) is 0. The van der Waals surface area contributed by atoms with E-state index < -0.39 is 18.2 Å². The van der Waals surface area contributed by atoms with Crippen molar-refractivity contribution in [3.63, 3.8) is 0 Å². The van der Waals surface area contributed by atoms with Gasteiger partial charge in [0.05, 0.1) is 0 Å². The molecule has 19 heavy (non-hydrogen) atoms. The fraction of sp³-hybridized carbons (Fsp3) is 0.846. The zero-order valence-electron chi connectivity index (χ0n) is 11.4. The van der Waals surface area contributed by atoms with Crippen LogP contribution in [0, 0.1) is 0 Å². The summed E-state index contributed by atoms with van der Waals surface area (Å²) < 4.78 is 5.18. The quantitative estimate of drug-likeness (QED) is 0.631. The van der Waals surface area contributed by atoms with Crippen LogP contribution >= 0.6 is 11.8 Å². The number of hydrogen-bond donors (Lipinski definition) is 2. The van der Waals surface area contributed by atoms with Crippen molar-refractivity contribution in [3.8, 4) is 0 Å². The van der Waals surface area contributed by atoms with Crippen molar-refractivity contribution in [1.82, 2.24) is 5.32 Å². The molecule has 110 valence electrons. The van der Waals surface area contributed by atoms with Gasteiger partial charge in [0.2, 0.25) is 5.91 Å². The fourth-order valence-corrected chi connectivity index (χ4v) is 2.55. The highest BCUT2D eigenvalue weighted by Crippen LogP contribution is 2.19. The molecule has 2 atom stereocenters. The summed E-state index contributed by atoms with van der Waals surface area (Å²) in [4.78, 5) is 22.4. The first-order chi connectivity index (χ1) is 9.15. The van der Waals surface area contributed by atoms with Gasteiger partial charge in [-0.05, 0) is 37.7 Å². The summed E-state index contributed by atoms with van der Waals surface area (Å²) in [5.74, 6) is 0.0377. The molecule has 5 nitrogen and oxygen atoms in total. The molecule has 2 unspecified atom stereocenters. The molecule has 2 N–H and O–H groups in total. The maximum absolute atomic E-state index is 11.7. The molecule has 1 aliphatic rings. The highest BCUT2D eigenvalue weighted by molar-refractivity contribution is 7.98. The van der Waals surface area contributed by atoms with Crippen LogP contribution in [0.5, 0.6) is 0 Å². The largest absolute Gasteiger partial charge is 0.479 e. The number of carbonyl (C=O) groups is 2. The molecule has 0 aliphatic carbocycles. The molecule has 0 aromatic rings. The molecule has 1 rings (SSSR count). The smallest absolute Gasteiger partial charge is 0.332 e. The number of carbonyl (C=O) groups excluding carboxylic acids is 1. The Morgan fingerprint density at radius 1 is 1.21 bits per heavy atom. The van der Waals surface area contributed by atoms with Crippen molar-refractivity contribution in [2.24, 2.45) is 0 Å². The van der Waals surface area contributed by atoms with Crippen molar-refractivity contribution in [1.29, 1.82) is 0 Å². The van der Waals surface area contributed by atoms with Gasteiger partial charge in [-0.2, -0.15) is 11.8 Å². The Balaban J connectivity index is 2.04. The first-order valence-corrected chi connectivity index (χ1v) is 8.19. The lowest BCUT2D eigenvalue weighted by Gasteiger charge is -2.11. The average molecular weight is 289 g/mol. The summed E-state index contributed by atoms with van der Waals surface area (Å²) in [6.45, 7) is 0.649. The van der Waals surface area contributed by atoms with Gasteiger partial charge >= 0.3 is 5.97 Å². The third-order valence-corrected chi connectivity index (χ3v) is 3.86. The number of rotatable bonds is 9. The predicted octanol–water partition coefficient (Wildman–Crippen LogP) is 1.66. The van der Waals surface area contributed by atoms with Crippen molar-refractivity contribution in [2.45, 2.75) is 50.7 Å². The predicted molar refractivity (Wildman–Crippen MR) is 75.4 cm³/mol. The zero-order valence-corrected chi connectivity index (χ0v) is 12.2. The standard InChI is InChI=1S/C13H23NO4S/c1-19-9-5-3-2-4-8-14-12(15)10-6-7-11(18-10)13(16)17/h10-11H,2-9H2,1H3,(H,14,15)(H,16,17). The molecule has 1 amide bonds. The van der Waals surface area contributed by atoms with Gasteiger partial charge in [0.15, 0.2) is 6.10 Å². The molecule has 0 saturated carbocycles. The number of nitrogens with one attached hydrogen (secondary N) is 1. The van der Waals surface area contributed by atoms with Crippen molar-refractivity contribution in [3.05, 3.63) is 0 Å². The number of thioether (sulfide) groups is 1. The van der Waals surface area contributed by atoms with E-state index in [1.54, 1.807) is 0 Å². The Labute approximate surface area is 118 Å². The SMILES string of the molecule is CSCCCCCCNC(=O)C1CCC(C(=O)O)O1. The van der Waals surface area contributed by atoms with E-state index in [-0.39, 0.29) is 5.91 Å². The highest BCUT2D eigenvalue weighted by atomic mass is 32.2. The summed E-state index contributed by atoms with van der Waals surface area (Å²) in [5.41, 5.74) is 0. The van der Waals surface area contributed by atoms with E-state index in [1.807, 2.05) is 11.8 Å². The summed E-state index contributed by atoms with van der Waals surface area (Å²) in [5, 5.41) is 11.6. The second-order valence-electron chi connectivity index (χ2n) is 4.73. The van der Waals surface area contributed by atoms with Crippen LogP contribution in [0.25, 0.3) is 0 Å². The Hall–Kier alpha value is -0.750. The van der Waals surface area contributed by atoms with Crippen molar-refractivity contribution < 1.29 is 19.4 Å². The molecule has 1 aliphatic heterocycles. The summed E-state index contributed by atoms with van der Waals surface area (Å²) in [6.07, 6.45) is 6.11. The minimum atomic E-state index is -0.982. The lowest BCUT2D eigenvalue weighted by Crippen LogP contribution is -2.36. The summed E-state index contributed by atoms with van der Waals surface area (Å²) >= 11 is 1.86. The van der Waals surface area contributed by atoms with E-state index in [2.05, 4.69) is 11.6 Å². The minimum absolute atomic E-state index is 0.173. The minimum Gasteiger partial charge on any atom is -0.479 e. The van der Waals surface area contributed by atoms with Crippen molar-refractivity contribution in [2.75, 3.05) is 18.6 Å². The van der Waals surface area contributed by atoms with E-state index in [9.17, 15) is 9.59 Å². The topological polar surface area (TPSA) is 75.6 Å². The Bertz CT molecular complexity index is 298. The number of hydrogen-bond acceptors (Lipinski definition) is 4. The van der Waals surface area contributed by atoms with E-state index in [0.717, 1.165) is 12.8 Å². The number of amides is 1. The number of unbranched alkanes of at least 4 members (excludes halogenated alkanes) is 3. The van der Waals surface area contributed by atoms with E-state index in [1.165, 1.54) is 18.6 Å². The van der Waals surface area contributed by atoms with Crippen LogP contribution in [0.4, 0.5) is 0 Å². The van der Waals surface area contributed by atoms with Gasteiger partial charge in [-0.25, -0.2) is 4.79 Å². The molecule has 0 spiro atoms. The van der Waals surface area contributed by atoms with E-state index in [4.69, 9.17) is 9.84 Å². The van der Waals surface area contributed by atoms with Crippen LogP contribution in [-0.2, 0) is 14.3 Å². The molecule has 6 heteroatoms. The Morgan fingerprint density at radius 3 is 2.53 bits per heavy atom. The molecule has 0 bridgehead atoms. The normalized spacial score (nSPS) is 22.4. The van der Waals surface area contributed by atoms with E-state index >= 15 is 0 Å². The molecule has 0 aromatic heterocycles. The van der Waals surface area contributed by atoms with Gasteiger partial charge in [-0.1, -0.05) is 12.8 Å². The number of carboxylic acids is 1. The van der Waals surface area contributed by atoms with Gasteiger partial charge in [0, 0.05) is 6.54 Å². The first kappa shape index (κ1) is 16.3. The molecule has 1 saturated heterocycles. The Morgan fingerprint density at radius 2 is 1.89 bits per heavy atom. The Kier molecular flexibility index (Phi) is 7.90. The maximum Gasteiger partial charge on any atom is 0.332 e. The van der Waals surface area contributed by atoms with Crippen LogP contribution < -0.4 is 5.32 Å².